The molecule has 0 spiro atoms. The minimum atomic E-state index is -0.429. The Morgan fingerprint density at radius 3 is 2.57 bits per heavy atom. The highest BCUT2D eigenvalue weighted by Crippen LogP contribution is 2.21. The van der Waals surface area contributed by atoms with Crippen LogP contribution < -0.4 is 4.74 Å². The van der Waals surface area contributed by atoms with Gasteiger partial charge < -0.3 is 9.57 Å². The number of oxime groups is 1. The maximum atomic E-state index is 11.5. The Hall–Kier alpha value is -2.59. The van der Waals surface area contributed by atoms with Crippen molar-refractivity contribution < 1.29 is 14.4 Å². The molecule has 1 aliphatic heterocycles. The van der Waals surface area contributed by atoms with Crippen molar-refractivity contribution in [2.45, 2.75) is 13.5 Å². The maximum Gasteiger partial charge on any atom is 0.367 e. The Labute approximate surface area is 139 Å². The molecular formula is C18H14ClNO3. The van der Waals surface area contributed by atoms with Gasteiger partial charge in [0.25, 0.3) is 0 Å². The highest BCUT2D eigenvalue weighted by atomic mass is 35.5. The molecule has 0 aliphatic carbocycles. The minimum absolute atomic E-state index is 0.401. The molecule has 0 N–H and O–H groups in total. The Bertz CT molecular complexity index is 794. The second-order valence-electron chi connectivity index (χ2n) is 5.06. The predicted molar refractivity (Wildman–Crippen MR) is 89.4 cm³/mol. The molecule has 0 fully saturated rings. The molecule has 4 nitrogen and oxygen atoms in total. The van der Waals surface area contributed by atoms with E-state index in [9.17, 15) is 4.79 Å². The average molecular weight is 328 g/mol. The Morgan fingerprint density at radius 1 is 1.17 bits per heavy atom. The monoisotopic (exact) mass is 327 g/mol. The zero-order chi connectivity index (χ0) is 16.2. The van der Waals surface area contributed by atoms with Crippen LogP contribution in [0.4, 0.5) is 0 Å². The van der Waals surface area contributed by atoms with Gasteiger partial charge in [0, 0.05) is 10.6 Å². The molecule has 0 bridgehead atoms. The van der Waals surface area contributed by atoms with Crippen LogP contribution in [0.5, 0.6) is 5.75 Å². The lowest BCUT2D eigenvalue weighted by molar-refractivity contribution is -0.136. The summed E-state index contributed by atoms with van der Waals surface area (Å²) >= 11 is 6.10. The lowest BCUT2D eigenvalue weighted by atomic mass is 10.1. The van der Waals surface area contributed by atoms with Gasteiger partial charge >= 0.3 is 5.97 Å². The fourth-order valence-corrected chi connectivity index (χ4v) is 2.31. The van der Waals surface area contributed by atoms with Crippen molar-refractivity contribution in [3.63, 3.8) is 0 Å². The molecule has 3 rings (SSSR count). The standard InChI is InChI=1S/C18H14ClNO3/c1-12-16(18(21)23-20-12)10-13-6-8-15(9-7-13)22-11-14-4-2-3-5-17(14)19/h2-10H,11H2,1H3/b16-10+. The number of carbonyl (C=O) groups is 1. The van der Waals surface area contributed by atoms with Crippen molar-refractivity contribution in [2.75, 3.05) is 0 Å². The molecule has 116 valence electrons. The van der Waals surface area contributed by atoms with Gasteiger partial charge in [-0.15, -0.1) is 0 Å². The second-order valence-corrected chi connectivity index (χ2v) is 5.47. The first-order valence-electron chi connectivity index (χ1n) is 7.08. The van der Waals surface area contributed by atoms with Gasteiger partial charge in [-0.05, 0) is 36.8 Å². The number of hydrogen-bond donors (Lipinski definition) is 0. The maximum absolute atomic E-state index is 11.5. The van der Waals surface area contributed by atoms with E-state index in [2.05, 4.69) is 9.99 Å². The molecule has 0 radical (unpaired) electrons. The molecule has 2 aromatic carbocycles. The van der Waals surface area contributed by atoms with Crippen molar-refractivity contribution in [3.8, 4) is 5.75 Å². The second kappa shape index (κ2) is 6.67. The molecule has 0 unspecified atom stereocenters. The van der Waals surface area contributed by atoms with Crippen LogP contribution in [0.25, 0.3) is 6.08 Å². The van der Waals surface area contributed by atoms with E-state index in [1.165, 1.54) is 0 Å². The molecule has 5 heteroatoms. The van der Waals surface area contributed by atoms with E-state index < -0.39 is 5.97 Å². The van der Waals surface area contributed by atoms with Gasteiger partial charge in [0.15, 0.2) is 0 Å². The Morgan fingerprint density at radius 2 is 1.91 bits per heavy atom. The fourth-order valence-electron chi connectivity index (χ4n) is 2.12. The van der Waals surface area contributed by atoms with Gasteiger partial charge in [0.1, 0.15) is 12.4 Å². The molecular weight excluding hydrogens is 314 g/mol. The van der Waals surface area contributed by atoms with Crippen LogP contribution in [0.3, 0.4) is 0 Å². The summed E-state index contributed by atoms with van der Waals surface area (Å²) in [5.74, 6) is 0.299. The van der Waals surface area contributed by atoms with E-state index in [1.807, 2.05) is 48.5 Å². The number of ether oxygens (including phenoxy) is 1. The SMILES string of the molecule is CC1=NOC(=O)/C1=C/c1ccc(OCc2ccccc2Cl)cc1. The van der Waals surface area contributed by atoms with Gasteiger partial charge in [-0.25, -0.2) is 4.79 Å². The van der Waals surface area contributed by atoms with E-state index >= 15 is 0 Å². The first-order chi connectivity index (χ1) is 11.1. The summed E-state index contributed by atoms with van der Waals surface area (Å²) in [7, 11) is 0. The molecule has 0 saturated heterocycles. The van der Waals surface area contributed by atoms with Gasteiger partial charge in [-0.1, -0.05) is 47.1 Å². The molecule has 0 amide bonds. The molecule has 23 heavy (non-hydrogen) atoms. The summed E-state index contributed by atoms with van der Waals surface area (Å²) < 4.78 is 5.72. The zero-order valence-corrected chi connectivity index (χ0v) is 13.2. The average Bonchev–Trinajstić information content (AvgIpc) is 2.87. The zero-order valence-electron chi connectivity index (χ0n) is 12.5. The fraction of sp³-hybridized carbons (Fsp3) is 0.111. The number of carbonyl (C=O) groups excluding carboxylic acids is 1. The van der Waals surface area contributed by atoms with Crippen LogP contribution in [0, 0.1) is 0 Å². The lowest BCUT2D eigenvalue weighted by Gasteiger charge is -2.08. The molecule has 0 atom stereocenters. The van der Waals surface area contributed by atoms with Crippen LogP contribution in [0.2, 0.25) is 5.02 Å². The van der Waals surface area contributed by atoms with Gasteiger partial charge in [0.2, 0.25) is 0 Å². The Kier molecular flexibility index (Phi) is 4.44. The Balaban J connectivity index is 1.68. The van der Waals surface area contributed by atoms with Crippen molar-refractivity contribution in [1.29, 1.82) is 0 Å². The topological polar surface area (TPSA) is 47.9 Å². The number of hydrogen-bond acceptors (Lipinski definition) is 4. The van der Waals surface area contributed by atoms with Gasteiger partial charge in [0.05, 0.1) is 11.3 Å². The normalized spacial score (nSPS) is 15.5. The first-order valence-corrected chi connectivity index (χ1v) is 7.45. The number of rotatable bonds is 4. The predicted octanol–water partition coefficient (Wildman–Crippen LogP) is 4.24. The highest BCUT2D eigenvalue weighted by molar-refractivity contribution is 6.31. The lowest BCUT2D eigenvalue weighted by Crippen LogP contribution is -2.01. The van der Waals surface area contributed by atoms with E-state index in [1.54, 1.807) is 13.0 Å². The van der Waals surface area contributed by atoms with Crippen LogP contribution in [0.1, 0.15) is 18.1 Å². The largest absolute Gasteiger partial charge is 0.489 e. The van der Waals surface area contributed by atoms with E-state index in [4.69, 9.17) is 16.3 Å². The molecule has 2 aromatic rings. The third kappa shape index (κ3) is 3.60. The van der Waals surface area contributed by atoms with Crippen molar-refractivity contribution in [2.24, 2.45) is 5.16 Å². The summed E-state index contributed by atoms with van der Waals surface area (Å²) in [5.41, 5.74) is 2.85. The van der Waals surface area contributed by atoms with Gasteiger partial charge in [-0.3, -0.25) is 0 Å². The third-order valence-corrected chi connectivity index (χ3v) is 3.79. The molecule has 1 heterocycles. The first kappa shape index (κ1) is 15.3. The van der Waals surface area contributed by atoms with Crippen LogP contribution in [-0.4, -0.2) is 11.7 Å². The van der Waals surface area contributed by atoms with Crippen LogP contribution in [-0.2, 0) is 16.2 Å². The highest BCUT2D eigenvalue weighted by Gasteiger charge is 2.21. The van der Waals surface area contributed by atoms with Gasteiger partial charge in [-0.2, -0.15) is 0 Å². The van der Waals surface area contributed by atoms with Crippen molar-refractivity contribution in [3.05, 3.63) is 70.3 Å². The summed E-state index contributed by atoms with van der Waals surface area (Å²) in [5, 5.41) is 4.33. The molecule has 0 saturated carbocycles. The summed E-state index contributed by atoms with van der Waals surface area (Å²) in [6.07, 6.45) is 1.74. The molecule has 0 aromatic heterocycles. The summed E-state index contributed by atoms with van der Waals surface area (Å²) in [6, 6.07) is 15.0. The number of benzene rings is 2. The van der Waals surface area contributed by atoms with Crippen LogP contribution in [0.15, 0.2) is 59.3 Å². The summed E-state index contributed by atoms with van der Waals surface area (Å²) in [4.78, 5) is 16.1. The van der Waals surface area contributed by atoms with Crippen LogP contribution >= 0.6 is 11.6 Å². The van der Waals surface area contributed by atoms with E-state index in [0.717, 1.165) is 16.9 Å². The van der Waals surface area contributed by atoms with E-state index in [0.29, 0.717) is 22.9 Å². The third-order valence-electron chi connectivity index (χ3n) is 3.42. The quantitative estimate of drug-likeness (QED) is 0.623. The number of halogens is 1. The van der Waals surface area contributed by atoms with Crippen molar-refractivity contribution in [1.82, 2.24) is 0 Å². The van der Waals surface area contributed by atoms with E-state index in [-0.39, 0.29) is 0 Å². The number of nitrogens with zero attached hydrogens (tertiary/aromatic N) is 1. The smallest absolute Gasteiger partial charge is 0.367 e. The van der Waals surface area contributed by atoms with Crippen molar-refractivity contribution >= 4 is 29.4 Å². The molecule has 1 aliphatic rings. The summed E-state index contributed by atoms with van der Waals surface area (Å²) in [6.45, 7) is 2.13. The minimum Gasteiger partial charge on any atom is -0.489 e.